The number of alkyl halides is 3. The predicted molar refractivity (Wildman–Crippen MR) is 85.6 cm³/mol. The molecule has 1 aromatic carbocycles. The largest absolute Gasteiger partial charge is 0.416 e. The number of halogens is 3. The van der Waals surface area contributed by atoms with Crippen LogP contribution in [0.4, 0.5) is 18.3 Å². The number of benzene rings is 1. The molecule has 0 aliphatic heterocycles. The number of fused-ring (bicyclic) bond motifs is 1. The lowest BCUT2D eigenvalue weighted by Gasteiger charge is -2.09. The van der Waals surface area contributed by atoms with E-state index in [4.69, 9.17) is 0 Å². The topological polar surface area (TPSA) is 59.1 Å². The second-order valence-electron chi connectivity index (χ2n) is 5.58. The van der Waals surface area contributed by atoms with Crippen LogP contribution in [0.25, 0.3) is 0 Å². The number of thiazole rings is 1. The third-order valence-corrected chi connectivity index (χ3v) is 6.33. The Kier molecular flexibility index (Phi) is 4.56. The van der Waals surface area contributed by atoms with Gasteiger partial charge in [-0.25, -0.2) is 13.4 Å². The first-order chi connectivity index (χ1) is 11.3. The number of sulfonamides is 1. The number of nitrogens with zero attached hydrogens (tertiary/aromatic N) is 1. The molecular formula is C15H15F3N2O2S2. The van der Waals surface area contributed by atoms with Gasteiger partial charge >= 0.3 is 6.18 Å². The quantitative estimate of drug-likeness (QED) is 0.816. The van der Waals surface area contributed by atoms with E-state index in [0.29, 0.717) is 6.07 Å². The summed E-state index contributed by atoms with van der Waals surface area (Å²) in [6, 6.07) is 3.68. The molecule has 0 spiro atoms. The molecular weight excluding hydrogens is 361 g/mol. The van der Waals surface area contributed by atoms with E-state index in [1.54, 1.807) is 0 Å². The van der Waals surface area contributed by atoms with Crippen molar-refractivity contribution in [1.82, 2.24) is 4.98 Å². The van der Waals surface area contributed by atoms with Gasteiger partial charge in [-0.3, -0.25) is 4.72 Å². The van der Waals surface area contributed by atoms with Crippen molar-refractivity contribution in [3.8, 4) is 0 Å². The molecule has 0 amide bonds. The van der Waals surface area contributed by atoms with E-state index >= 15 is 0 Å². The first-order valence-corrected chi connectivity index (χ1v) is 9.74. The Morgan fingerprint density at radius 3 is 2.62 bits per heavy atom. The van der Waals surface area contributed by atoms with Gasteiger partial charge in [0.05, 0.1) is 16.2 Å². The summed E-state index contributed by atoms with van der Waals surface area (Å²) in [5.74, 6) is 0. The Labute approximate surface area is 141 Å². The van der Waals surface area contributed by atoms with Crippen LogP contribution < -0.4 is 4.72 Å². The van der Waals surface area contributed by atoms with Crippen LogP contribution in [0, 0.1) is 0 Å². The summed E-state index contributed by atoms with van der Waals surface area (Å²) in [5, 5.41) is 0.208. The zero-order chi connectivity index (χ0) is 17.4. The summed E-state index contributed by atoms with van der Waals surface area (Å²) < 4.78 is 65.3. The van der Waals surface area contributed by atoms with Gasteiger partial charge in [0.25, 0.3) is 10.0 Å². The van der Waals surface area contributed by atoms with E-state index in [2.05, 4.69) is 9.71 Å². The van der Waals surface area contributed by atoms with E-state index in [1.807, 2.05) is 0 Å². The number of nitrogens with one attached hydrogen (secondary N) is 1. The average Bonchev–Trinajstić information content (AvgIpc) is 2.74. The molecule has 2 aromatic rings. The van der Waals surface area contributed by atoms with Gasteiger partial charge in [0.15, 0.2) is 5.13 Å². The number of anilines is 1. The van der Waals surface area contributed by atoms with Gasteiger partial charge in [-0.05, 0) is 43.9 Å². The van der Waals surface area contributed by atoms with Crippen molar-refractivity contribution in [2.75, 3.05) is 4.72 Å². The highest BCUT2D eigenvalue weighted by molar-refractivity contribution is 7.93. The van der Waals surface area contributed by atoms with E-state index in [9.17, 15) is 21.6 Å². The maximum atomic E-state index is 12.8. The Hall–Kier alpha value is -1.61. The molecule has 130 valence electrons. The normalized spacial score (nSPS) is 15.6. The van der Waals surface area contributed by atoms with Crippen LogP contribution in [-0.4, -0.2) is 13.4 Å². The summed E-state index contributed by atoms with van der Waals surface area (Å²) in [7, 11) is -4.11. The standard InChI is InChI=1S/C15H15F3N2O2S2/c16-15(17,18)10-5-4-6-11(9-10)24(21,22)20-14-19-12-7-2-1-3-8-13(12)23-14/h4-6,9H,1-3,7-8H2,(H,19,20). The van der Waals surface area contributed by atoms with E-state index in [1.165, 1.54) is 11.3 Å². The van der Waals surface area contributed by atoms with E-state index in [0.717, 1.165) is 60.9 Å². The van der Waals surface area contributed by atoms with Gasteiger partial charge in [-0.1, -0.05) is 12.5 Å². The lowest BCUT2D eigenvalue weighted by Crippen LogP contribution is -2.14. The molecule has 9 heteroatoms. The van der Waals surface area contributed by atoms with Crippen LogP contribution in [0.2, 0.25) is 0 Å². The maximum Gasteiger partial charge on any atom is 0.416 e. The molecule has 4 nitrogen and oxygen atoms in total. The number of hydrogen-bond donors (Lipinski definition) is 1. The van der Waals surface area contributed by atoms with Crippen molar-refractivity contribution < 1.29 is 21.6 Å². The van der Waals surface area contributed by atoms with Gasteiger partial charge in [-0.15, -0.1) is 11.3 Å². The average molecular weight is 376 g/mol. The third kappa shape index (κ3) is 3.72. The summed E-state index contributed by atoms with van der Waals surface area (Å²) in [4.78, 5) is 4.92. The first kappa shape index (κ1) is 17.2. The smallest absolute Gasteiger partial charge is 0.255 e. The fourth-order valence-corrected chi connectivity index (χ4v) is 4.92. The maximum absolute atomic E-state index is 12.8. The van der Waals surface area contributed by atoms with E-state index in [-0.39, 0.29) is 5.13 Å². The lowest BCUT2D eigenvalue weighted by atomic mass is 10.2. The highest BCUT2D eigenvalue weighted by Gasteiger charge is 2.32. The number of hydrogen-bond acceptors (Lipinski definition) is 4. The molecule has 3 rings (SSSR count). The zero-order valence-electron chi connectivity index (χ0n) is 12.6. The summed E-state index contributed by atoms with van der Waals surface area (Å²) in [6.45, 7) is 0. The number of aryl methyl sites for hydroxylation is 2. The van der Waals surface area contributed by atoms with Crippen LogP contribution in [0.3, 0.4) is 0 Å². The molecule has 0 atom stereocenters. The molecule has 24 heavy (non-hydrogen) atoms. The fourth-order valence-electron chi connectivity index (χ4n) is 2.59. The van der Waals surface area contributed by atoms with Crippen molar-refractivity contribution >= 4 is 26.5 Å². The molecule has 0 saturated carbocycles. The Balaban J connectivity index is 1.87. The molecule has 0 unspecified atom stereocenters. The summed E-state index contributed by atoms with van der Waals surface area (Å²) in [5.41, 5.74) is -0.112. The fraction of sp³-hybridized carbons (Fsp3) is 0.400. The van der Waals surface area contributed by atoms with Crippen LogP contribution in [0.15, 0.2) is 29.2 Å². The first-order valence-electron chi connectivity index (χ1n) is 7.44. The minimum Gasteiger partial charge on any atom is -0.255 e. The van der Waals surface area contributed by atoms with Crippen LogP contribution in [-0.2, 0) is 29.0 Å². The van der Waals surface area contributed by atoms with Crippen LogP contribution in [0.5, 0.6) is 0 Å². The minimum absolute atomic E-state index is 0.208. The van der Waals surface area contributed by atoms with Crippen molar-refractivity contribution in [1.29, 1.82) is 0 Å². The number of rotatable bonds is 3. The van der Waals surface area contributed by atoms with Crippen molar-refractivity contribution in [2.45, 2.75) is 43.2 Å². The SMILES string of the molecule is O=S(=O)(Nc1nc2c(s1)CCCCC2)c1cccc(C(F)(F)F)c1. The van der Waals surface area contributed by atoms with Gasteiger partial charge in [0.1, 0.15) is 0 Å². The summed E-state index contributed by atoms with van der Waals surface area (Å²) in [6.07, 6.45) is 0.236. The second kappa shape index (κ2) is 6.36. The second-order valence-corrected chi connectivity index (χ2v) is 8.35. The monoisotopic (exact) mass is 376 g/mol. The van der Waals surface area contributed by atoms with Crippen molar-refractivity contribution in [2.24, 2.45) is 0 Å². The van der Waals surface area contributed by atoms with Crippen molar-refractivity contribution in [3.63, 3.8) is 0 Å². The molecule has 1 aliphatic carbocycles. The lowest BCUT2D eigenvalue weighted by molar-refractivity contribution is -0.137. The zero-order valence-corrected chi connectivity index (χ0v) is 14.2. The van der Waals surface area contributed by atoms with Crippen LogP contribution >= 0.6 is 11.3 Å². The Morgan fingerprint density at radius 1 is 1.12 bits per heavy atom. The van der Waals surface area contributed by atoms with Gasteiger partial charge in [0.2, 0.25) is 0 Å². The predicted octanol–water partition coefficient (Wildman–Crippen LogP) is 4.23. The third-order valence-electron chi connectivity index (χ3n) is 3.79. The molecule has 1 N–H and O–H groups in total. The molecule has 0 fully saturated rings. The Morgan fingerprint density at radius 2 is 1.88 bits per heavy atom. The molecule has 1 aromatic heterocycles. The van der Waals surface area contributed by atoms with E-state index < -0.39 is 26.7 Å². The highest BCUT2D eigenvalue weighted by atomic mass is 32.2. The molecule has 1 heterocycles. The molecule has 0 bridgehead atoms. The van der Waals surface area contributed by atoms with Gasteiger partial charge < -0.3 is 0 Å². The summed E-state index contributed by atoms with van der Waals surface area (Å²) >= 11 is 1.26. The van der Waals surface area contributed by atoms with Crippen LogP contribution in [0.1, 0.15) is 35.4 Å². The molecule has 1 aliphatic rings. The van der Waals surface area contributed by atoms with Gasteiger partial charge in [0, 0.05) is 4.88 Å². The minimum atomic E-state index is -4.59. The van der Waals surface area contributed by atoms with Crippen molar-refractivity contribution in [3.05, 3.63) is 40.4 Å². The highest BCUT2D eigenvalue weighted by Crippen LogP contribution is 2.32. The van der Waals surface area contributed by atoms with Gasteiger partial charge in [-0.2, -0.15) is 13.2 Å². The molecule has 0 radical (unpaired) electrons. The Bertz CT molecular complexity index is 821. The molecule has 0 saturated heterocycles. The number of aromatic nitrogens is 1.